The predicted molar refractivity (Wildman–Crippen MR) is 99.3 cm³/mol. The number of hydrogen-bond donors (Lipinski definition) is 2. The lowest BCUT2D eigenvalue weighted by molar-refractivity contribution is -0.134. The predicted octanol–water partition coefficient (Wildman–Crippen LogP) is 2.48. The van der Waals surface area contributed by atoms with Crippen molar-refractivity contribution in [1.82, 2.24) is 15.5 Å². The van der Waals surface area contributed by atoms with Gasteiger partial charge in [-0.1, -0.05) is 26.2 Å². The summed E-state index contributed by atoms with van der Waals surface area (Å²) in [5.41, 5.74) is 0. The number of amides is 2. The minimum atomic E-state index is -0.0781. The third-order valence-electron chi connectivity index (χ3n) is 5.11. The fraction of sp³-hybridized carbons (Fsp3) is 0.889. The van der Waals surface area contributed by atoms with E-state index >= 15 is 0 Å². The van der Waals surface area contributed by atoms with E-state index in [0.717, 1.165) is 58.2 Å². The van der Waals surface area contributed by atoms with E-state index in [2.05, 4.69) is 17.6 Å². The summed E-state index contributed by atoms with van der Waals surface area (Å²) < 4.78 is 0. The molecule has 0 aromatic carbocycles. The summed E-state index contributed by atoms with van der Waals surface area (Å²) in [6, 6.07) is 0.245. The van der Waals surface area contributed by atoms with Crippen LogP contribution in [0.15, 0.2) is 0 Å². The molecule has 6 heteroatoms. The van der Waals surface area contributed by atoms with E-state index in [0.29, 0.717) is 12.5 Å². The minimum Gasteiger partial charge on any atom is -0.353 e. The normalized spacial score (nSPS) is 22.5. The number of carbonyl (C=O) groups is 2. The first-order valence-electron chi connectivity index (χ1n) is 9.42. The third-order valence-corrected chi connectivity index (χ3v) is 5.11. The van der Waals surface area contributed by atoms with Crippen molar-refractivity contribution in [1.29, 1.82) is 0 Å². The van der Waals surface area contributed by atoms with Gasteiger partial charge in [-0.05, 0) is 39.2 Å². The summed E-state index contributed by atoms with van der Waals surface area (Å²) in [6.45, 7) is 6.77. The highest BCUT2D eigenvalue weighted by Crippen LogP contribution is 2.23. The van der Waals surface area contributed by atoms with Crippen LogP contribution in [-0.2, 0) is 9.59 Å². The second kappa shape index (κ2) is 10.9. The van der Waals surface area contributed by atoms with Crippen LogP contribution >= 0.6 is 12.4 Å². The molecule has 2 rings (SSSR count). The lowest BCUT2D eigenvalue weighted by Gasteiger charge is -2.30. The maximum absolute atomic E-state index is 12.6. The molecule has 1 aliphatic carbocycles. The zero-order valence-electron chi connectivity index (χ0n) is 15.2. The van der Waals surface area contributed by atoms with Gasteiger partial charge in [-0.15, -0.1) is 12.4 Å². The Balaban J connectivity index is 0.00000288. The van der Waals surface area contributed by atoms with E-state index < -0.39 is 0 Å². The van der Waals surface area contributed by atoms with Gasteiger partial charge in [0, 0.05) is 37.5 Å². The number of hydrogen-bond acceptors (Lipinski definition) is 3. The Bertz CT molecular complexity index is 394. The number of nitrogens with zero attached hydrogens (tertiary/aromatic N) is 1. The molecule has 2 amide bonds. The Kier molecular flexibility index (Phi) is 9.67. The van der Waals surface area contributed by atoms with Crippen molar-refractivity contribution >= 4 is 24.2 Å². The Morgan fingerprint density at radius 2 is 1.92 bits per heavy atom. The number of halogens is 1. The van der Waals surface area contributed by atoms with E-state index in [-0.39, 0.29) is 36.2 Å². The zero-order valence-corrected chi connectivity index (χ0v) is 16.0. The highest BCUT2D eigenvalue weighted by molar-refractivity contribution is 5.85. The van der Waals surface area contributed by atoms with Gasteiger partial charge in [-0.3, -0.25) is 9.59 Å². The zero-order chi connectivity index (χ0) is 16.7. The van der Waals surface area contributed by atoms with Crippen LogP contribution in [0.1, 0.15) is 65.2 Å². The second-order valence-electron chi connectivity index (χ2n) is 7.18. The topological polar surface area (TPSA) is 61.4 Å². The molecule has 24 heavy (non-hydrogen) atoms. The van der Waals surface area contributed by atoms with Crippen molar-refractivity contribution in [3.8, 4) is 0 Å². The Hall–Kier alpha value is -0.810. The average molecular weight is 360 g/mol. The molecule has 1 saturated carbocycles. The number of rotatable bonds is 7. The summed E-state index contributed by atoms with van der Waals surface area (Å²) >= 11 is 0. The van der Waals surface area contributed by atoms with Gasteiger partial charge in [-0.2, -0.15) is 0 Å². The molecule has 1 aliphatic heterocycles. The molecular weight excluding hydrogens is 326 g/mol. The first-order chi connectivity index (χ1) is 11.1. The largest absolute Gasteiger partial charge is 0.353 e. The molecular formula is C18H34ClN3O2. The standard InChI is InChI=1S/C18H33N3O2.ClH/c1-3-11-21(16-9-10-19-13-16)17(22)12-14(2)20-18(23)15-7-5-4-6-8-15;/h14-16,19H,3-13H2,1-2H3,(H,20,23);1H. The molecule has 2 fully saturated rings. The van der Waals surface area contributed by atoms with Crippen molar-refractivity contribution in [2.24, 2.45) is 5.92 Å². The highest BCUT2D eigenvalue weighted by Gasteiger charge is 2.28. The van der Waals surface area contributed by atoms with Crippen LogP contribution in [-0.4, -0.2) is 48.4 Å². The SMILES string of the molecule is CCCN(C(=O)CC(C)NC(=O)C1CCCCC1)C1CCNC1.Cl. The molecule has 0 spiro atoms. The first kappa shape index (κ1) is 21.2. The Labute approximate surface area is 152 Å². The molecule has 0 aromatic rings. The van der Waals surface area contributed by atoms with Crippen molar-refractivity contribution in [2.75, 3.05) is 19.6 Å². The second-order valence-corrected chi connectivity index (χ2v) is 7.18. The van der Waals surface area contributed by atoms with Crippen LogP contribution in [0.5, 0.6) is 0 Å². The van der Waals surface area contributed by atoms with E-state index in [1.807, 2.05) is 11.8 Å². The van der Waals surface area contributed by atoms with Crippen molar-refractivity contribution < 1.29 is 9.59 Å². The summed E-state index contributed by atoms with van der Waals surface area (Å²) in [5, 5.41) is 6.40. The maximum atomic E-state index is 12.6. The third kappa shape index (κ3) is 6.25. The highest BCUT2D eigenvalue weighted by atomic mass is 35.5. The Morgan fingerprint density at radius 1 is 1.21 bits per heavy atom. The van der Waals surface area contributed by atoms with Crippen LogP contribution < -0.4 is 10.6 Å². The quantitative estimate of drug-likeness (QED) is 0.734. The van der Waals surface area contributed by atoms with Gasteiger partial charge in [0.15, 0.2) is 0 Å². The molecule has 140 valence electrons. The van der Waals surface area contributed by atoms with E-state index in [1.54, 1.807) is 0 Å². The molecule has 0 bridgehead atoms. The van der Waals surface area contributed by atoms with Crippen LogP contribution in [0.4, 0.5) is 0 Å². The van der Waals surface area contributed by atoms with Crippen LogP contribution in [0, 0.1) is 5.92 Å². The molecule has 0 aromatic heterocycles. The minimum absolute atomic E-state index is 0. The van der Waals surface area contributed by atoms with Crippen molar-refractivity contribution in [3.63, 3.8) is 0 Å². The summed E-state index contributed by atoms with van der Waals surface area (Å²) in [5.74, 6) is 0.485. The molecule has 2 N–H and O–H groups in total. The smallest absolute Gasteiger partial charge is 0.224 e. The van der Waals surface area contributed by atoms with Gasteiger partial charge >= 0.3 is 0 Å². The Morgan fingerprint density at radius 3 is 2.50 bits per heavy atom. The monoisotopic (exact) mass is 359 g/mol. The fourth-order valence-corrected chi connectivity index (χ4v) is 3.81. The maximum Gasteiger partial charge on any atom is 0.224 e. The van der Waals surface area contributed by atoms with Gasteiger partial charge in [0.2, 0.25) is 11.8 Å². The number of carbonyl (C=O) groups excluding carboxylic acids is 2. The summed E-state index contributed by atoms with van der Waals surface area (Å²) in [4.78, 5) is 26.9. The summed E-state index contributed by atoms with van der Waals surface area (Å²) in [6.07, 6.45) is 7.99. The van der Waals surface area contributed by atoms with Crippen molar-refractivity contribution in [3.05, 3.63) is 0 Å². The van der Waals surface area contributed by atoms with Gasteiger partial charge in [0.1, 0.15) is 0 Å². The van der Waals surface area contributed by atoms with Gasteiger partial charge in [0.05, 0.1) is 0 Å². The lowest BCUT2D eigenvalue weighted by atomic mass is 9.88. The lowest BCUT2D eigenvalue weighted by Crippen LogP contribution is -2.46. The molecule has 2 aliphatic rings. The van der Waals surface area contributed by atoms with E-state index in [9.17, 15) is 9.59 Å². The van der Waals surface area contributed by atoms with Crippen LogP contribution in [0.3, 0.4) is 0 Å². The molecule has 2 atom stereocenters. The average Bonchev–Trinajstić information content (AvgIpc) is 3.07. The van der Waals surface area contributed by atoms with E-state index in [1.165, 1.54) is 6.42 Å². The van der Waals surface area contributed by atoms with Crippen molar-refractivity contribution in [2.45, 2.75) is 77.3 Å². The van der Waals surface area contributed by atoms with Crippen LogP contribution in [0.25, 0.3) is 0 Å². The first-order valence-corrected chi connectivity index (χ1v) is 9.42. The number of nitrogens with one attached hydrogen (secondary N) is 2. The summed E-state index contributed by atoms with van der Waals surface area (Å²) in [7, 11) is 0. The fourth-order valence-electron chi connectivity index (χ4n) is 3.81. The van der Waals surface area contributed by atoms with Crippen LogP contribution in [0.2, 0.25) is 0 Å². The molecule has 0 radical (unpaired) electrons. The van der Waals surface area contributed by atoms with Gasteiger partial charge in [0.25, 0.3) is 0 Å². The van der Waals surface area contributed by atoms with Gasteiger partial charge in [-0.25, -0.2) is 0 Å². The van der Waals surface area contributed by atoms with Gasteiger partial charge < -0.3 is 15.5 Å². The molecule has 1 heterocycles. The van der Waals surface area contributed by atoms with E-state index in [4.69, 9.17) is 0 Å². The molecule has 2 unspecified atom stereocenters. The molecule has 1 saturated heterocycles. The molecule has 5 nitrogen and oxygen atoms in total.